The van der Waals surface area contributed by atoms with Gasteiger partial charge in [-0.1, -0.05) is 36.4 Å². The van der Waals surface area contributed by atoms with Crippen LogP contribution in [0.25, 0.3) is 22.3 Å². The Balaban J connectivity index is 1.57. The summed E-state index contributed by atoms with van der Waals surface area (Å²) in [5.74, 6) is -0.0795. The zero-order valence-electron chi connectivity index (χ0n) is 13.5. The van der Waals surface area contributed by atoms with E-state index < -0.39 is 0 Å². The van der Waals surface area contributed by atoms with Crippen LogP contribution in [0.5, 0.6) is 0 Å². The van der Waals surface area contributed by atoms with Crippen molar-refractivity contribution >= 4 is 28.7 Å². The van der Waals surface area contributed by atoms with Gasteiger partial charge in [0.25, 0.3) is 5.91 Å². The standard InChI is InChI=1S/C18H15N5OS/c1-23(11-12-7-8-15-16(9-12)22-25-21-15)18(24)14-10-19-20-17(14)13-5-3-2-4-6-13/h2-10H,11H2,1H3,(H,19,20). The molecule has 4 aromatic rings. The first-order chi connectivity index (χ1) is 12.2. The molecule has 6 nitrogen and oxygen atoms in total. The average molecular weight is 349 g/mol. The number of nitrogens with one attached hydrogen (secondary N) is 1. The highest BCUT2D eigenvalue weighted by Crippen LogP contribution is 2.22. The highest BCUT2D eigenvalue weighted by atomic mass is 32.1. The number of fused-ring (bicyclic) bond motifs is 1. The SMILES string of the molecule is CN(Cc1ccc2nsnc2c1)C(=O)c1cn[nH]c1-c1ccccc1. The van der Waals surface area contributed by atoms with Crippen molar-refractivity contribution in [3.05, 3.63) is 65.9 Å². The van der Waals surface area contributed by atoms with Crippen molar-refractivity contribution in [2.45, 2.75) is 6.54 Å². The summed E-state index contributed by atoms with van der Waals surface area (Å²) in [5, 5.41) is 6.98. The topological polar surface area (TPSA) is 74.8 Å². The Morgan fingerprint density at radius 3 is 2.76 bits per heavy atom. The molecule has 2 aromatic heterocycles. The van der Waals surface area contributed by atoms with Gasteiger partial charge in [-0.25, -0.2) is 0 Å². The molecule has 2 heterocycles. The fourth-order valence-corrected chi connectivity index (χ4v) is 3.27. The molecule has 0 saturated heterocycles. The number of H-pyrrole nitrogens is 1. The molecule has 2 aromatic carbocycles. The molecule has 0 unspecified atom stereocenters. The second-order valence-electron chi connectivity index (χ2n) is 5.77. The van der Waals surface area contributed by atoms with Gasteiger partial charge < -0.3 is 4.90 Å². The van der Waals surface area contributed by atoms with Crippen LogP contribution in [0.4, 0.5) is 0 Å². The second-order valence-corrected chi connectivity index (χ2v) is 6.30. The van der Waals surface area contributed by atoms with Gasteiger partial charge in [0, 0.05) is 19.2 Å². The van der Waals surface area contributed by atoms with E-state index in [0.29, 0.717) is 12.1 Å². The van der Waals surface area contributed by atoms with E-state index in [2.05, 4.69) is 18.9 Å². The van der Waals surface area contributed by atoms with Gasteiger partial charge in [-0.2, -0.15) is 13.8 Å². The van der Waals surface area contributed by atoms with Crippen molar-refractivity contribution in [1.82, 2.24) is 23.8 Å². The second kappa shape index (κ2) is 6.45. The van der Waals surface area contributed by atoms with Crippen molar-refractivity contribution in [1.29, 1.82) is 0 Å². The molecular weight excluding hydrogens is 334 g/mol. The van der Waals surface area contributed by atoms with E-state index >= 15 is 0 Å². The average Bonchev–Trinajstić information content (AvgIpc) is 3.30. The third-order valence-electron chi connectivity index (χ3n) is 4.02. The summed E-state index contributed by atoms with van der Waals surface area (Å²) < 4.78 is 8.44. The largest absolute Gasteiger partial charge is 0.337 e. The normalized spacial score (nSPS) is 10.9. The van der Waals surface area contributed by atoms with Crippen LogP contribution in [0.1, 0.15) is 15.9 Å². The first kappa shape index (κ1) is 15.5. The van der Waals surface area contributed by atoms with Gasteiger partial charge in [-0.15, -0.1) is 0 Å². The fourth-order valence-electron chi connectivity index (χ4n) is 2.75. The summed E-state index contributed by atoms with van der Waals surface area (Å²) in [5.41, 5.74) is 4.98. The van der Waals surface area contributed by atoms with E-state index in [-0.39, 0.29) is 5.91 Å². The molecule has 1 amide bonds. The summed E-state index contributed by atoms with van der Waals surface area (Å²) in [7, 11) is 1.79. The number of aromatic nitrogens is 4. The lowest BCUT2D eigenvalue weighted by Crippen LogP contribution is -2.26. The van der Waals surface area contributed by atoms with Gasteiger partial charge in [-0.05, 0) is 17.7 Å². The molecule has 0 aliphatic heterocycles. The molecule has 0 fully saturated rings. The van der Waals surface area contributed by atoms with Crippen LogP contribution >= 0.6 is 11.7 Å². The van der Waals surface area contributed by atoms with E-state index in [1.54, 1.807) is 18.1 Å². The van der Waals surface area contributed by atoms with Gasteiger partial charge >= 0.3 is 0 Å². The first-order valence-corrected chi connectivity index (χ1v) is 8.51. The Hall–Kier alpha value is -3.06. The Bertz CT molecular complexity index is 1020. The summed E-state index contributed by atoms with van der Waals surface area (Å²) in [6, 6.07) is 15.6. The minimum atomic E-state index is -0.0795. The number of benzene rings is 2. The summed E-state index contributed by atoms with van der Waals surface area (Å²) in [6.07, 6.45) is 1.58. The molecule has 0 atom stereocenters. The van der Waals surface area contributed by atoms with E-state index in [0.717, 1.165) is 27.9 Å². The van der Waals surface area contributed by atoms with Crippen LogP contribution in [0.2, 0.25) is 0 Å². The molecule has 7 heteroatoms. The van der Waals surface area contributed by atoms with Crippen LogP contribution in [-0.4, -0.2) is 36.8 Å². The van der Waals surface area contributed by atoms with E-state index in [4.69, 9.17) is 0 Å². The highest BCUT2D eigenvalue weighted by molar-refractivity contribution is 7.00. The number of rotatable bonds is 4. The van der Waals surface area contributed by atoms with Crippen molar-refractivity contribution in [3.63, 3.8) is 0 Å². The van der Waals surface area contributed by atoms with Crippen LogP contribution in [0.3, 0.4) is 0 Å². The van der Waals surface area contributed by atoms with Gasteiger partial charge in [0.05, 0.1) is 29.2 Å². The number of nitrogens with zero attached hydrogens (tertiary/aromatic N) is 4. The summed E-state index contributed by atoms with van der Waals surface area (Å²) in [4.78, 5) is 14.5. The quantitative estimate of drug-likeness (QED) is 0.613. The maximum Gasteiger partial charge on any atom is 0.257 e. The number of amides is 1. The molecule has 0 aliphatic rings. The molecule has 0 aliphatic carbocycles. The van der Waals surface area contributed by atoms with E-state index in [9.17, 15) is 4.79 Å². The van der Waals surface area contributed by atoms with E-state index in [1.807, 2.05) is 48.5 Å². The molecule has 124 valence electrons. The van der Waals surface area contributed by atoms with Crippen LogP contribution in [-0.2, 0) is 6.54 Å². The lowest BCUT2D eigenvalue weighted by atomic mass is 10.1. The molecule has 25 heavy (non-hydrogen) atoms. The van der Waals surface area contributed by atoms with Gasteiger partial charge in [0.2, 0.25) is 0 Å². The maximum absolute atomic E-state index is 12.9. The third-order valence-corrected chi connectivity index (χ3v) is 4.57. The Labute approximate surface area is 148 Å². The van der Waals surface area contributed by atoms with Crippen molar-refractivity contribution < 1.29 is 4.79 Å². The van der Waals surface area contributed by atoms with Gasteiger partial charge in [-0.3, -0.25) is 9.89 Å². The molecule has 0 bridgehead atoms. The third kappa shape index (κ3) is 3.01. The predicted octanol–water partition coefficient (Wildman–Crippen LogP) is 3.35. The van der Waals surface area contributed by atoms with Crippen LogP contribution in [0, 0.1) is 0 Å². The maximum atomic E-state index is 12.9. The summed E-state index contributed by atoms with van der Waals surface area (Å²) >= 11 is 1.19. The van der Waals surface area contributed by atoms with Crippen molar-refractivity contribution in [2.24, 2.45) is 0 Å². The van der Waals surface area contributed by atoms with Crippen LogP contribution in [0.15, 0.2) is 54.7 Å². The van der Waals surface area contributed by atoms with Crippen molar-refractivity contribution in [3.8, 4) is 11.3 Å². The number of hydrogen-bond donors (Lipinski definition) is 1. The molecule has 4 rings (SSSR count). The first-order valence-electron chi connectivity index (χ1n) is 7.78. The molecule has 0 saturated carbocycles. The Kier molecular flexibility index (Phi) is 3.99. The lowest BCUT2D eigenvalue weighted by molar-refractivity contribution is 0.0786. The number of carbonyl (C=O) groups excluding carboxylic acids is 1. The Morgan fingerprint density at radius 1 is 1.12 bits per heavy atom. The lowest BCUT2D eigenvalue weighted by Gasteiger charge is -2.17. The highest BCUT2D eigenvalue weighted by Gasteiger charge is 2.19. The van der Waals surface area contributed by atoms with Gasteiger partial charge in [0.1, 0.15) is 11.0 Å². The number of carbonyl (C=O) groups is 1. The fraction of sp³-hybridized carbons (Fsp3) is 0.111. The minimum absolute atomic E-state index is 0.0795. The predicted molar refractivity (Wildman–Crippen MR) is 97.2 cm³/mol. The van der Waals surface area contributed by atoms with E-state index in [1.165, 1.54) is 11.7 Å². The molecule has 1 N–H and O–H groups in total. The van der Waals surface area contributed by atoms with Gasteiger partial charge in [0.15, 0.2) is 0 Å². The zero-order chi connectivity index (χ0) is 17.2. The monoisotopic (exact) mass is 349 g/mol. The van der Waals surface area contributed by atoms with Crippen molar-refractivity contribution in [2.75, 3.05) is 7.05 Å². The smallest absolute Gasteiger partial charge is 0.257 e. The number of hydrogen-bond acceptors (Lipinski definition) is 5. The summed E-state index contributed by atoms with van der Waals surface area (Å²) in [6.45, 7) is 0.492. The molecular formula is C18H15N5OS. The molecule has 0 spiro atoms. The molecule has 0 radical (unpaired) electrons. The van der Waals surface area contributed by atoms with Crippen LogP contribution < -0.4 is 0 Å². The zero-order valence-corrected chi connectivity index (χ0v) is 14.3. The Morgan fingerprint density at radius 2 is 1.92 bits per heavy atom. The minimum Gasteiger partial charge on any atom is -0.337 e. The number of aromatic amines is 1.